The average molecular weight is 234 g/mol. The third-order valence-corrected chi connectivity index (χ3v) is 2.07. The van der Waals surface area contributed by atoms with Gasteiger partial charge in [0.1, 0.15) is 5.75 Å². The Labute approximate surface area is 102 Å². The molecule has 0 spiro atoms. The normalized spacial score (nSPS) is 10.4. The summed E-state index contributed by atoms with van der Waals surface area (Å²) < 4.78 is 10.3. The molecule has 0 saturated heterocycles. The lowest BCUT2D eigenvalue weighted by Gasteiger charge is -2.03. The summed E-state index contributed by atoms with van der Waals surface area (Å²) in [6.07, 6.45) is 4.97. The van der Waals surface area contributed by atoms with Gasteiger partial charge in [-0.05, 0) is 31.9 Å². The second kappa shape index (κ2) is 8.39. The summed E-state index contributed by atoms with van der Waals surface area (Å²) in [6.45, 7) is 2.86. The number of rotatable bonds is 7. The van der Waals surface area contributed by atoms with Crippen molar-refractivity contribution in [2.45, 2.75) is 19.8 Å². The van der Waals surface area contributed by atoms with Gasteiger partial charge in [0.05, 0.1) is 13.2 Å². The fraction of sp³-hybridized carbons (Fsp3) is 0.357. The molecule has 3 heteroatoms. The monoisotopic (exact) mass is 234 g/mol. The second-order valence-electron chi connectivity index (χ2n) is 3.46. The lowest BCUT2D eigenvalue weighted by Crippen LogP contribution is -1.99. The van der Waals surface area contributed by atoms with Crippen molar-refractivity contribution in [3.05, 3.63) is 42.5 Å². The van der Waals surface area contributed by atoms with Crippen LogP contribution < -0.4 is 4.74 Å². The van der Waals surface area contributed by atoms with E-state index in [1.54, 1.807) is 6.92 Å². The smallest absolute Gasteiger partial charge is 0.330 e. The zero-order valence-corrected chi connectivity index (χ0v) is 10.1. The predicted octanol–water partition coefficient (Wildman–Crippen LogP) is 2.96. The molecule has 0 saturated carbocycles. The van der Waals surface area contributed by atoms with Crippen LogP contribution in [0.2, 0.25) is 0 Å². The van der Waals surface area contributed by atoms with Gasteiger partial charge in [0.2, 0.25) is 0 Å². The number of benzene rings is 1. The number of para-hydroxylation sites is 1. The Hall–Kier alpha value is -1.77. The number of carbonyl (C=O) groups excluding carboxylic acids is 1. The molecule has 1 aromatic rings. The third kappa shape index (κ3) is 6.40. The summed E-state index contributed by atoms with van der Waals surface area (Å²) in [7, 11) is 0. The molecule has 0 aromatic heterocycles. The van der Waals surface area contributed by atoms with E-state index in [-0.39, 0.29) is 5.97 Å². The van der Waals surface area contributed by atoms with Crippen LogP contribution in [0.4, 0.5) is 0 Å². The first-order chi connectivity index (χ1) is 8.33. The van der Waals surface area contributed by atoms with Crippen molar-refractivity contribution < 1.29 is 14.3 Å². The van der Waals surface area contributed by atoms with Gasteiger partial charge in [0.25, 0.3) is 0 Å². The van der Waals surface area contributed by atoms with Gasteiger partial charge < -0.3 is 9.47 Å². The Morgan fingerprint density at radius 1 is 1.29 bits per heavy atom. The summed E-state index contributed by atoms with van der Waals surface area (Å²) in [5, 5.41) is 0. The lowest BCUT2D eigenvalue weighted by atomic mass is 10.3. The zero-order chi connectivity index (χ0) is 12.3. The highest BCUT2D eigenvalue weighted by molar-refractivity contribution is 5.81. The van der Waals surface area contributed by atoms with E-state index in [9.17, 15) is 4.79 Å². The van der Waals surface area contributed by atoms with Crippen molar-refractivity contribution >= 4 is 5.97 Å². The van der Waals surface area contributed by atoms with Gasteiger partial charge in [-0.3, -0.25) is 0 Å². The molecule has 17 heavy (non-hydrogen) atoms. The van der Waals surface area contributed by atoms with E-state index in [1.807, 2.05) is 36.4 Å². The van der Waals surface area contributed by atoms with Crippen LogP contribution in [-0.2, 0) is 9.53 Å². The summed E-state index contributed by atoms with van der Waals surface area (Å²) >= 11 is 0. The Morgan fingerprint density at radius 2 is 2.06 bits per heavy atom. The molecule has 0 radical (unpaired) electrons. The van der Waals surface area contributed by atoms with E-state index < -0.39 is 0 Å². The number of hydrogen-bond acceptors (Lipinski definition) is 3. The van der Waals surface area contributed by atoms with Gasteiger partial charge in [-0.25, -0.2) is 4.79 Å². The fourth-order valence-corrected chi connectivity index (χ4v) is 1.28. The van der Waals surface area contributed by atoms with Crippen LogP contribution in [0.1, 0.15) is 19.8 Å². The van der Waals surface area contributed by atoms with Crippen LogP contribution in [0.3, 0.4) is 0 Å². The molecular weight excluding hydrogens is 216 g/mol. The van der Waals surface area contributed by atoms with Crippen LogP contribution in [0.15, 0.2) is 42.5 Å². The maximum atomic E-state index is 11.0. The van der Waals surface area contributed by atoms with Crippen molar-refractivity contribution in [1.29, 1.82) is 0 Å². The number of esters is 1. The molecule has 0 bridgehead atoms. The molecular formula is C14H18O3. The number of ether oxygens (including phenoxy) is 2. The fourth-order valence-electron chi connectivity index (χ4n) is 1.28. The Morgan fingerprint density at radius 3 is 2.76 bits per heavy atom. The van der Waals surface area contributed by atoms with Gasteiger partial charge in [-0.2, -0.15) is 0 Å². The highest BCUT2D eigenvalue weighted by Gasteiger charge is 1.93. The molecule has 0 heterocycles. The van der Waals surface area contributed by atoms with Crippen LogP contribution in [0, 0.1) is 0 Å². The Kier molecular flexibility index (Phi) is 6.56. The number of hydrogen-bond donors (Lipinski definition) is 0. The number of allylic oxidation sites excluding steroid dienone is 1. The lowest BCUT2D eigenvalue weighted by molar-refractivity contribution is -0.137. The van der Waals surface area contributed by atoms with Gasteiger partial charge in [0, 0.05) is 6.08 Å². The molecule has 0 fully saturated rings. The summed E-state index contributed by atoms with van der Waals surface area (Å²) in [5.74, 6) is 0.596. The molecule has 0 atom stereocenters. The maximum absolute atomic E-state index is 11.0. The predicted molar refractivity (Wildman–Crippen MR) is 66.9 cm³/mol. The molecule has 92 valence electrons. The molecule has 0 unspecified atom stereocenters. The summed E-state index contributed by atoms with van der Waals surface area (Å²) in [4.78, 5) is 11.0. The molecule has 0 aliphatic rings. The van der Waals surface area contributed by atoms with Gasteiger partial charge >= 0.3 is 5.97 Å². The van der Waals surface area contributed by atoms with E-state index in [1.165, 1.54) is 6.08 Å². The number of carbonyl (C=O) groups is 1. The molecule has 1 aromatic carbocycles. The third-order valence-electron chi connectivity index (χ3n) is 2.07. The molecule has 1 rings (SSSR count). The van der Waals surface area contributed by atoms with Crippen molar-refractivity contribution in [2.24, 2.45) is 0 Å². The van der Waals surface area contributed by atoms with Crippen LogP contribution >= 0.6 is 0 Å². The van der Waals surface area contributed by atoms with Crippen molar-refractivity contribution in [3.63, 3.8) is 0 Å². The average Bonchev–Trinajstić information content (AvgIpc) is 2.35. The van der Waals surface area contributed by atoms with Gasteiger partial charge in [-0.1, -0.05) is 24.3 Å². The van der Waals surface area contributed by atoms with E-state index in [0.717, 1.165) is 18.6 Å². The highest BCUT2D eigenvalue weighted by atomic mass is 16.5. The SMILES string of the molecule is CCOC(=O)C=CCCCOc1ccccc1. The Balaban J connectivity index is 2.07. The van der Waals surface area contributed by atoms with E-state index in [4.69, 9.17) is 9.47 Å². The number of unbranched alkanes of at least 4 members (excludes halogenated alkanes) is 1. The van der Waals surface area contributed by atoms with Crippen molar-refractivity contribution in [2.75, 3.05) is 13.2 Å². The summed E-state index contributed by atoms with van der Waals surface area (Å²) in [6, 6.07) is 9.68. The molecule has 3 nitrogen and oxygen atoms in total. The quantitative estimate of drug-likeness (QED) is 0.413. The van der Waals surface area contributed by atoms with Gasteiger partial charge in [-0.15, -0.1) is 0 Å². The molecule has 0 amide bonds. The standard InChI is InChI=1S/C14H18O3/c1-2-16-14(15)11-7-4-8-12-17-13-9-5-3-6-10-13/h3,5-7,9-11H,2,4,8,12H2,1H3. The topological polar surface area (TPSA) is 35.5 Å². The Bertz CT molecular complexity index is 344. The van der Waals surface area contributed by atoms with Crippen molar-refractivity contribution in [3.8, 4) is 5.75 Å². The van der Waals surface area contributed by atoms with E-state index in [0.29, 0.717) is 13.2 Å². The molecule has 0 aliphatic heterocycles. The summed E-state index contributed by atoms with van der Waals surface area (Å²) in [5.41, 5.74) is 0. The first kappa shape index (κ1) is 13.3. The van der Waals surface area contributed by atoms with Crippen LogP contribution in [0.25, 0.3) is 0 Å². The molecule has 0 aliphatic carbocycles. The minimum atomic E-state index is -0.281. The second-order valence-corrected chi connectivity index (χ2v) is 3.46. The van der Waals surface area contributed by atoms with Gasteiger partial charge in [0.15, 0.2) is 0 Å². The zero-order valence-electron chi connectivity index (χ0n) is 10.1. The minimum absolute atomic E-state index is 0.281. The molecule has 0 N–H and O–H groups in total. The van der Waals surface area contributed by atoms with E-state index in [2.05, 4.69) is 0 Å². The minimum Gasteiger partial charge on any atom is -0.494 e. The maximum Gasteiger partial charge on any atom is 0.330 e. The van der Waals surface area contributed by atoms with Crippen molar-refractivity contribution in [1.82, 2.24) is 0 Å². The first-order valence-electron chi connectivity index (χ1n) is 5.84. The largest absolute Gasteiger partial charge is 0.494 e. The first-order valence-corrected chi connectivity index (χ1v) is 5.84. The van der Waals surface area contributed by atoms with E-state index >= 15 is 0 Å². The van der Waals surface area contributed by atoms with Crippen LogP contribution in [-0.4, -0.2) is 19.2 Å². The van der Waals surface area contributed by atoms with Crippen LogP contribution in [0.5, 0.6) is 5.75 Å². The highest BCUT2D eigenvalue weighted by Crippen LogP contribution is 2.08.